The highest BCUT2D eigenvalue weighted by Crippen LogP contribution is 2.35. The standard InChI is InChI=1S/C17H20N2OS/c1-11-5-6-14(13(9-11)17(2,3)4)20-15-10-19-8-7-12(15)16(18)21/h5-10H,1-4H3,(H2,18,21). The molecule has 2 N–H and O–H groups in total. The number of hydrogen-bond acceptors (Lipinski definition) is 3. The third-order valence-electron chi connectivity index (χ3n) is 3.21. The second-order valence-corrected chi connectivity index (χ2v) is 6.53. The Labute approximate surface area is 131 Å². The quantitative estimate of drug-likeness (QED) is 0.866. The summed E-state index contributed by atoms with van der Waals surface area (Å²) in [5.74, 6) is 1.39. The molecule has 0 fully saturated rings. The summed E-state index contributed by atoms with van der Waals surface area (Å²) >= 11 is 5.06. The van der Waals surface area contributed by atoms with E-state index in [1.165, 1.54) is 5.56 Å². The van der Waals surface area contributed by atoms with E-state index in [-0.39, 0.29) is 5.41 Å². The van der Waals surface area contributed by atoms with Gasteiger partial charge < -0.3 is 10.5 Å². The van der Waals surface area contributed by atoms with E-state index in [1.807, 2.05) is 12.1 Å². The maximum Gasteiger partial charge on any atom is 0.155 e. The number of aromatic nitrogens is 1. The van der Waals surface area contributed by atoms with E-state index >= 15 is 0 Å². The van der Waals surface area contributed by atoms with Crippen LogP contribution >= 0.6 is 12.2 Å². The van der Waals surface area contributed by atoms with Crippen LogP contribution in [-0.4, -0.2) is 9.97 Å². The largest absolute Gasteiger partial charge is 0.455 e. The van der Waals surface area contributed by atoms with E-state index in [2.05, 4.69) is 38.7 Å². The van der Waals surface area contributed by atoms with Crippen molar-refractivity contribution in [2.45, 2.75) is 33.1 Å². The van der Waals surface area contributed by atoms with E-state index in [1.54, 1.807) is 18.5 Å². The summed E-state index contributed by atoms with van der Waals surface area (Å²) in [5, 5.41) is 0. The second-order valence-electron chi connectivity index (χ2n) is 6.09. The lowest BCUT2D eigenvalue weighted by molar-refractivity contribution is 0.452. The van der Waals surface area contributed by atoms with Crippen LogP contribution in [-0.2, 0) is 5.41 Å². The zero-order valence-electron chi connectivity index (χ0n) is 12.8. The lowest BCUT2D eigenvalue weighted by atomic mass is 9.85. The van der Waals surface area contributed by atoms with Crippen molar-refractivity contribution in [1.82, 2.24) is 4.98 Å². The van der Waals surface area contributed by atoms with Gasteiger partial charge in [0.15, 0.2) is 5.75 Å². The van der Waals surface area contributed by atoms with E-state index in [0.29, 0.717) is 16.3 Å². The molecule has 0 saturated heterocycles. The molecule has 0 amide bonds. The molecular formula is C17H20N2OS. The van der Waals surface area contributed by atoms with Gasteiger partial charge in [-0.25, -0.2) is 0 Å². The van der Waals surface area contributed by atoms with E-state index in [4.69, 9.17) is 22.7 Å². The topological polar surface area (TPSA) is 48.1 Å². The summed E-state index contributed by atoms with van der Waals surface area (Å²) in [5.41, 5.74) is 8.75. The molecule has 0 aliphatic carbocycles. The van der Waals surface area contributed by atoms with Crippen LogP contribution in [0.5, 0.6) is 11.5 Å². The molecule has 0 saturated carbocycles. The van der Waals surface area contributed by atoms with E-state index in [9.17, 15) is 0 Å². The van der Waals surface area contributed by atoms with Gasteiger partial charge in [0.25, 0.3) is 0 Å². The Bertz CT molecular complexity index is 675. The molecule has 0 spiro atoms. The molecule has 1 aromatic carbocycles. The monoisotopic (exact) mass is 300 g/mol. The second kappa shape index (κ2) is 5.82. The number of pyridine rings is 1. The Morgan fingerprint density at radius 1 is 1.19 bits per heavy atom. The maximum absolute atomic E-state index is 6.05. The maximum atomic E-state index is 6.05. The molecule has 4 heteroatoms. The zero-order valence-corrected chi connectivity index (χ0v) is 13.6. The molecule has 0 radical (unpaired) electrons. The minimum absolute atomic E-state index is 0.0209. The lowest BCUT2D eigenvalue weighted by Gasteiger charge is -2.23. The van der Waals surface area contributed by atoms with Crippen molar-refractivity contribution in [2.75, 3.05) is 0 Å². The highest BCUT2D eigenvalue weighted by atomic mass is 32.1. The first-order valence-corrected chi connectivity index (χ1v) is 7.22. The molecule has 0 unspecified atom stereocenters. The summed E-state index contributed by atoms with van der Waals surface area (Å²) in [4.78, 5) is 4.40. The normalized spacial score (nSPS) is 11.2. The summed E-state index contributed by atoms with van der Waals surface area (Å²) in [7, 11) is 0. The number of aryl methyl sites for hydroxylation is 1. The molecule has 0 aliphatic heterocycles. The van der Waals surface area contributed by atoms with Gasteiger partial charge in [0.2, 0.25) is 0 Å². The van der Waals surface area contributed by atoms with Crippen LogP contribution in [0.3, 0.4) is 0 Å². The van der Waals surface area contributed by atoms with Crippen molar-refractivity contribution in [3.05, 3.63) is 53.3 Å². The predicted molar refractivity (Wildman–Crippen MR) is 90.1 cm³/mol. The van der Waals surface area contributed by atoms with Crippen molar-refractivity contribution in [3.63, 3.8) is 0 Å². The van der Waals surface area contributed by atoms with Crippen molar-refractivity contribution in [3.8, 4) is 11.5 Å². The molecule has 21 heavy (non-hydrogen) atoms. The number of thiocarbonyl (C=S) groups is 1. The van der Waals surface area contributed by atoms with Crippen LogP contribution in [0.15, 0.2) is 36.7 Å². The predicted octanol–water partition coefficient (Wildman–Crippen LogP) is 4.11. The molecule has 110 valence electrons. The molecule has 2 rings (SSSR count). The third kappa shape index (κ3) is 3.58. The van der Waals surface area contributed by atoms with E-state index < -0.39 is 0 Å². The minimum atomic E-state index is -0.0209. The smallest absolute Gasteiger partial charge is 0.155 e. The molecule has 0 aliphatic rings. The Hall–Kier alpha value is -1.94. The minimum Gasteiger partial charge on any atom is -0.455 e. The summed E-state index contributed by atoms with van der Waals surface area (Å²) in [6.07, 6.45) is 3.29. The van der Waals surface area contributed by atoms with Crippen molar-refractivity contribution in [2.24, 2.45) is 5.73 Å². The molecule has 0 atom stereocenters. The van der Waals surface area contributed by atoms with Crippen LogP contribution in [0, 0.1) is 6.92 Å². The first-order chi connectivity index (χ1) is 9.79. The van der Waals surface area contributed by atoms with Crippen LogP contribution in [0.25, 0.3) is 0 Å². The molecule has 3 nitrogen and oxygen atoms in total. The van der Waals surface area contributed by atoms with Crippen molar-refractivity contribution in [1.29, 1.82) is 0 Å². The highest BCUT2D eigenvalue weighted by Gasteiger charge is 2.20. The molecule has 2 aromatic rings. The van der Waals surface area contributed by atoms with E-state index in [0.717, 1.165) is 11.3 Å². The van der Waals surface area contributed by atoms with Crippen molar-refractivity contribution < 1.29 is 4.74 Å². The van der Waals surface area contributed by atoms with Gasteiger partial charge in [0, 0.05) is 11.8 Å². The fourth-order valence-electron chi connectivity index (χ4n) is 2.10. The number of nitrogens with zero attached hydrogens (tertiary/aromatic N) is 1. The first-order valence-electron chi connectivity index (χ1n) is 6.82. The SMILES string of the molecule is Cc1ccc(Oc2cnccc2C(N)=S)c(C(C)(C)C)c1. The van der Waals surface area contributed by atoms with Crippen molar-refractivity contribution >= 4 is 17.2 Å². The number of rotatable bonds is 3. The lowest BCUT2D eigenvalue weighted by Crippen LogP contribution is -2.14. The highest BCUT2D eigenvalue weighted by molar-refractivity contribution is 7.80. The third-order valence-corrected chi connectivity index (χ3v) is 3.43. The summed E-state index contributed by atoms with van der Waals surface area (Å²) in [6.45, 7) is 8.55. The zero-order chi connectivity index (χ0) is 15.6. The van der Waals surface area contributed by atoms with Gasteiger partial charge in [0.05, 0.1) is 11.8 Å². The fraction of sp³-hybridized carbons (Fsp3) is 0.294. The molecular weight excluding hydrogens is 280 g/mol. The average Bonchev–Trinajstić information content (AvgIpc) is 2.40. The fourth-order valence-corrected chi connectivity index (χ4v) is 2.27. The molecule has 1 heterocycles. The van der Waals surface area contributed by atoms with Crippen LogP contribution in [0.4, 0.5) is 0 Å². The number of nitrogens with two attached hydrogens (primary N) is 1. The van der Waals surface area contributed by atoms with Gasteiger partial charge in [-0.05, 0) is 24.5 Å². The number of hydrogen-bond donors (Lipinski definition) is 1. The Morgan fingerprint density at radius 3 is 2.52 bits per heavy atom. The van der Waals surface area contributed by atoms with Crippen LogP contribution in [0.1, 0.15) is 37.5 Å². The number of ether oxygens (including phenoxy) is 1. The van der Waals surface area contributed by atoms with Gasteiger partial charge in [-0.3, -0.25) is 4.98 Å². The molecule has 0 bridgehead atoms. The summed E-state index contributed by atoms with van der Waals surface area (Å²) < 4.78 is 6.05. The van der Waals surface area contributed by atoms with Crippen LogP contribution in [0.2, 0.25) is 0 Å². The molecule has 1 aromatic heterocycles. The average molecular weight is 300 g/mol. The summed E-state index contributed by atoms with van der Waals surface area (Å²) in [6, 6.07) is 7.92. The Balaban J connectivity index is 2.48. The Morgan fingerprint density at radius 2 is 1.90 bits per heavy atom. The van der Waals surface area contributed by atoms with Gasteiger partial charge in [-0.15, -0.1) is 0 Å². The number of benzene rings is 1. The van der Waals surface area contributed by atoms with Gasteiger partial charge in [-0.1, -0.05) is 50.7 Å². The van der Waals surface area contributed by atoms with Gasteiger partial charge in [-0.2, -0.15) is 0 Å². The first kappa shape index (κ1) is 15.4. The van der Waals surface area contributed by atoms with Gasteiger partial charge >= 0.3 is 0 Å². The Kier molecular flexibility index (Phi) is 4.28. The van der Waals surface area contributed by atoms with Gasteiger partial charge in [0.1, 0.15) is 10.7 Å². The van der Waals surface area contributed by atoms with Crippen LogP contribution < -0.4 is 10.5 Å².